The van der Waals surface area contributed by atoms with E-state index in [0.717, 1.165) is 11.1 Å². The zero-order valence-corrected chi connectivity index (χ0v) is 12.1. The number of ether oxygens (including phenoxy) is 1. The fourth-order valence-electron chi connectivity index (χ4n) is 2.13. The SMILES string of the molecule is COc1cc(C)cc(C)c1-c1cc([N+](=O)[O-])cc(Cl)n1. The maximum atomic E-state index is 10.9. The average molecular weight is 293 g/mol. The van der Waals surface area contributed by atoms with E-state index in [1.54, 1.807) is 7.11 Å². The van der Waals surface area contributed by atoms with Crippen molar-refractivity contribution in [2.24, 2.45) is 0 Å². The summed E-state index contributed by atoms with van der Waals surface area (Å²) in [7, 11) is 1.55. The van der Waals surface area contributed by atoms with Gasteiger partial charge in [0, 0.05) is 11.6 Å². The third kappa shape index (κ3) is 2.72. The van der Waals surface area contributed by atoms with Gasteiger partial charge in [-0.3, -0.25) is 10.1 Å². The Hall–Kier alpha value is -2.14. The third-order valence-electron chi connectivity index (χ3n) is 2.91. The Morgan fingerprint density at radius 1 is 1.25 bits per heavy atom. The number of methoxy groups -OCH3 is 1. The molecule has 2 aromatic rings. The van der Waals surface area contributed by atoms with E-state index in [1.807, 2.05) is 26.0 Å². The highest BCUT2D eigenvalue weighted by molar-refractivity contribution is 6.29. The van der Waals surface area contributed by atoms with E-state index in [-0.39, 0.29) is 10.8 Å². The maximum Gasteiger partial charge on any atom is 0.274 e. The van der Waals surface area contributed by atoms with Crippen molar-refractivity contribution in [2.45, 2.75) is 13.8 Å². The second-order valence-electron chi connectivity index (χ2n) is 4.45. The van der Waals surface area contributed by atoms with Crippen LogP contribution in [-0.2, 0) is 0 Å². The standard InChI is InChI=1S/C14H13ClN2O3/c1-8-4-9(2)14(12(5-8)20-3)11-6-10(17(18)19)7-13(15)16-11/h4-7H,1-3H3. The number of hydrogen-bond donors (Lipinski definition) is 0. The summed E-state index contributed by atoms with van der Waals surface area (Å²) in [5.74, 6) is 0.617. The van der Waals surface area contributed by atoms with Crippen molar-refractivity contribution in [3.63, 3.8) is 0 Å². The Morgan fingerprint density at radius 2 is 1.95 bits per heavy atom. The topological polar surface area (TPSA) is 65.3 Å². The van der Waals surface area contributed by atoms with E-state index < -0.39 is 4.92 Å². The lowest BCUT2D eigenvalue weighted by Crippen LogP contribution is -1.97. The molecule has 0 radical (unpaired) electrons. The summed E-state index contributed by atoms with van der Waals surface area (Å²) in [6, 6.07) is 6.44. The number of rotatable bonds is 3. The average Bonchev–Trinajstić information content (AvgIpc) is 2.36. The number of halogens is 1. The highest BCUT2D eigenvalue weighted by Crippen LogP contribution is 2.35. The molecule has 0 aliphatic heterocycles. The monoisotopic (exact) mass is 292 g/mol. The van der Waals surface area contributed by atoms with E-state index in [1.165, 1.54) is 12.1 Å². The van der Waals surface area contributed by atoms with Gasteiger partial charge in [0.25, 0.3) is 5.69 Å². The van der Waals surface area contributed by atoms with Crippen molar-refractivity contribution < 1.29 is 9.66 Å². The molecular weight excluding hydrogens is 280 g/mol. The second kappa shape index (κ2) is 5.46. The summed E-state index contributed by atoms with van der Waals surface area (Å²) in [4.78, 5) is 14.6. The summed E-state index contributed by atoms with van der Waals surface area (Å²) in [6.45, 7) is 3.85. The summed E-state index contributed by atoms with van der Waals surface area (Å²) >= 11 is 5.87. The first-order chi connectivity index (χ1) is 9.42. The normalized spacial score (nSPS) is 10.4. The molecule has 1 heterocycles. The van der Waals surface area contributed by atoms with Crippen LogP contribution in [0.4, 0.5) is 5.69 Å². The van der Waals surface area contributed by atoms with Gasteiger partial charge < -0.3 is 4.74 Å². The lowest BCUT2D eigenvalue weighted by Gasteiger charge is -2.12. The van der Waals surface area contributed by atoms with Gasteiger partial charge in [-0.15, -0.1) is 0 Å². The van der Waals surface area contributed by atoms with Gasteiger partial charge in [0.2, 0.25) is 0 Å². The molecule has 1 aromatic carbocycles. The number of nitro groups is 1. The minimum absolute atomic E-state index is 0.0798. The molecule has 0 saturated heterocycles. The zero-order chi connectivity index (χ0) is 14.9. The van der Waals surface area contributed by atoms with E-state index in [9.17, 15) is 10.1 Å². The van der Waals surface area contributed by atoms with Gasteiger partial charge in [0.1, 0.15) is 10.9 Å². The van der Waals surface area contributed by atoms with Gasteiger partial charge in [0.05, 0.1) is 23.8 Å². The maximum absolute atomic E-state index is 10.9. The molecule has 0 aliphatic carbocycles. The van der Waals surface area contributed by atoms with Gasteiger partial charge in [-0.25, -0.2) is 4.98 Å². The minimum atomic E-state index is -0.493. The van der Waals surface area contributed by atoms with Crippen LogP contribution in [-0.4, -0.2) is 17.0 Å². The lowest BCUT2D eigenvalue weighted by molar-refractivity contribution is -0.384. The van der Waals surface area contributed by atoms with Crippen molar-refractivity contribution >= 4 is 17.3 Å². The Morgan fingerprint density at radius 3 is 2.55 bits per heavy atom. The zero-order valence-electron chi connectivity index (χ0n) is 11.3. The second-order valence-corrected chi connectivity index (χ2v) is 4.84. The van der Waals surface area contributed by atoms with E-state index in [0.29, 0.717) is 17.0 Å². The predicted molar refractivity (Wildman–Crippen MR) is 77.4 cm³/mol. The molecule has 20 heavy (non-hydrogen) atoms. The Balaban J connectivity index is 2.71. The highest BCUT2D eigenvalue weighted by atomic mass is 35.5. The summed E-state index contributed by atoms with van der Waals surface area (Å²) in [5, 5.41) is 11.0. The van der Waals surface area contributed by atoms with Gasteiger partial charge in [0.15, 0.2) is 0 Å². The van der Waals surface area contributed by atoms with Gasteiger partial charge in [-0.2, -0.15) is 0 Å². The largest absolute Gasteiger partial charge is 0.496 e. The number of aryl methyl sites for hydroxylation is 2. The molecule has 0 bridgehead atoms. The Labute approximate surface area is 121 Å². The molecule has 5 nitrogen and oxygen atoms in total. The van der Waals surface area contributed by atoms with Crippen molar-refractivity contribution in [2.75, 3.05) is 7.11 Å². The number of pyridine rings is 1. The minimum Gasteiger partial charge on any atom is -0.496 e. The van der Waals surface area contributed by atoms with E-state index in [2.05, 4.69) is 4.98 Å². The molecule has 0 amide bonds. The van der Waals surface area contributed by atoms with Crippen molar-refractivity contribution in [3.8, 4) is 17.0 Å². The summed E-state index contributed by atoms with van der Waals surface area (Å²) in [6.07, 6.45) is 0. The number of aromatic nitrogens is 1. The number of nitrogens with zero attached hydrogens (tertiary/aromatic N) is 2. The van der Waals surface area contributed by atoms with Crippen LogP contribution in [0.2, 0.25) is 5.15 Å². The summed E-state index contributed by atoms with van der Waals surface area (Å²) < 4.78 is 5.35. The van der Waals surface area contributed by atoms with Crippen molar-refractivity contribution in [1.29, 1.82) is 0 Å². The van der Waals surface area contributed by atoms with Crippen LogP contribution >= 0.6 is 11.6 Å². The van der Waals surface area contributed by atoms with Crippen LogP contribution in [0.1, 0.15) is 11.1 Å². The van der Waals surface area contributed by atoms with Crippen molar-refractivity contribution in [1.82, 2.24) is 4.98 Å². The van der Waals surface area contributed by atoms with Gasteiger partial charge in [-0.05, 0) is 31.0 Å². The fourth-order valence-corrected chi connectivity index (χ4v) is 2.34. The highest BCUT2D eigenvalue weighted by Gasteiger charge is 2.16. The summed E-state index contributed by atoms with van der Waals surface area (Å²) in [5.41, 5.74) is 3.01. The molecule has 0 aliphatic rings. The predicted octanol–water partition coefficient (Wildman–Crippen LogP) is 3.94. The molecule has 0 saturated carbocycles. The van der Waals surface area contributed by atoms with Crippen LogP contribution in [0.5, 0.6) is 5.75 Å². The molecule has 104 valence electrons. The smallest absolute Gasteiger partial charge is 0.274 e. The molecule has 0 N–H and O–H groups in total. The fraction of sp³-hybridized carbons (Fsp3) is 0.214. The van der Waals surface area contributed by atoms with Crippen LogP contribution in [0, 0.1) is 24.0 Å². The lowest BCUT2D eigenvalue weighted by atomic mass is 10.0. The quantitative estimate of drug-likeness (QED) is 0.488. The molecule has 0 atom stereocenters. The molecule has 0 unspecified atom stereocenters. The first-order valence-corrected chi connectivity index (χ1v) is 6.27. The van der Waals surface area contributed by atoms with Crippen LogP contribution in [0.25, 0.3) is 11.3 Å². The van der Waals surface area contributed by atoms with Crippen LogP contribution < -0.4 is 4.74 Å². The Kier molecular flexibility index (Phi) is 3.90. The molecule has 0 spiro atoms. The van der Waals surface area contributed by atoms with E-state index in [4.69, 9.17) is 16.3 Å². The van der Waals surface area contributed by atoms with Crippen LogP contribution in [0.3, 0.4) is 0 Å². The Bertz CT molecular complexity index is 686. The van der Waals surface area contributed by atoms with E-state index >= 15 is 0 Å². The van der Waals surface area contributed by atoms with Gasteiger partial charge in [-0.1, -0.05) is 17.7 Å². The van der Waals surface area contributed by atoms with Gasteiger partial charge >= 0.3 is 0 Å². The molecule has 2 rings (SSSR count). The molecule has 0 fully saturated rings. The molecular formula is C14H13ClN2O3. The third-order valence-corrected chi connectivity index (χ3v) is 3.10. The number of hydrogen-bond acceptors (Lipinski definition) is 4. The number of benzene rings is 1. The van der Waals surface area contributed by atoms with Crippen molar-refractivity contribution in [3.05, 3.63) is 50.7 Å². The molecule has 6 heteroatoms. The first kappa shape index (κ1) is 14.3. The first-order valence-electron chi connectivity index (χ1n) is 5.90. The molecule has 1 aromatic heterocycles. The van der Waals surface area contributed by atoms with Crippen LogP contribution in [0.15, 0.2) is 24.3 Å².